The Bertz CT molecular complexity index is 395. The van der Waals surface area contributed by atoms with Crippen molar-refractivity contribution in [3.63, 3.8) is 0 Å². The lowest BCUT2D eigenvalue weighted by molar-refractivity contribution is 0.425. The molecule has 5 N–H and O–H groups in total. The molecule has 0 atom stereocenters. The van der Waals surface area contributed by atoms with Gasteiger partial charge in [-0.1, -0.05) is 0 Å². The fourth-order valence-electron chi connectivity index (χ4n) is 1.32. The molecule has 17 heavy (non-hydrogen) atoms. The number of hydrogen-bond donors (Lipinski definition) is 3. The summed E-state index contributed by atoms with van der Waals surface area (Å²) < 4.78 is 0. The number of aliphatic imine (C=N–C) groups is 1. The number of rotatable bonds is 5. The van der Waals surface area contributed by atoms with E-state index in [4.69, 9.17) is 11.5 Å². The highest BCUT2D eigenvalue weighted by molar-refractivity contribution is 5.79. The van der Waals surface area contributed by atoms with E-state index < -0.39 is 0 Å². The quantitative estimate of drug-likeness (QED) is 0.504. The third-order valence-corrected chi connectivity index (χ3v) is 2.17. The molecular weight excluding hydrogens is 216 g/mol. The Hall–Kier alpha value is -1.82. The van der Waals surface area contributed by atoms with Crippen molar-refractivity contribution < 1.29 is 0 Å². The molecule has 0 saturated carbocycles. The van der Waals surface area contributed by atoms with Crippen molar-refractivity contribution in [2.24, 2.45) is 16.5 Å². The summed E-state index contributed by atoms with van der Waals surface area (Å²) in [6, 6.07) is 3.71. The molecule has 0 unspecified atom stereocenters. The maximum Gasteiger partial charge on any atom is 0.191 e. The van der Waals surface area contributed by atoms with Gasteiger partial charge < -0.3 is 21.7 Å². The number of nitrogens with one attached hydrogen (secondary N) is 1. The molecule has 0 aliphatic carbocycles. The lowest BCUT2D eigenvalue weighted by atomic mass is 10.3. The third-order valence-electron chi connectivity index (χ3n) is 2.17. The van der Waals surface area contributed by atoms with Gasteiger partial charge in [0.1, 0.15) is 5.82 Å². The number of nitrogens with two attached hydrogens (primary N) is 2. The zero-order valence-corrected chi connectivity index (χ0v) is 10.6. The third kappa shape index (κ3) is 4.69. The molecule has 0 fully saturated rings. The van der Waals surface area contributed by atoms with Crippen molar-refractivity contribution in [2.75, 3.05) is 32.5 Å². The van der Waals surface area contributed by atoms with E-state index in [-0.39, 0.29) is 5.96 Å². The van der Waals surface area contributed by atoms with E-state index in [1.807, 2.05) is 33.2 Å². The van der Waals surface area contributed by atoms with Crippen LogP contribution in [0.4, 0.5) is 11.5 Å². The Balaban J connectivity index is 2.66. The zero-order valence-electron chi connectivity index (χ0n) is 10.6. The smallest absolute Gasteiger partial charge is 0.191 e. The second-order valence-electron chi connectivity index (χ2n) is 4.07. The second kappa shape index (κ2) is 6.05. The van der Waals surface area contributed by atoms with E-state index >= 15 is 0 Å². The molecule has 1 heterocycles. The van der Waals surface area contributed by atoms with Crippen LogP contribution in [0.5, 0.6) is 0 Å². The molecule has 94 valence electrons. The number of nitrogens with zero attached hydrogens (tertiary/aromatic N) is 3. The molecule has 0 amide bonds. The Labute approximate surface area is 102 Å². The van der Waals surface area contributed by atoms with Crippen LogP contribution in [0.25, 0.3) is 0 Å². The van der Waals surface area contributed by atoms with Crippen LogP contribution in [-0.2, 0) is 0 Å². The Kier molecular flexibility index (Phi) is 4.71. The molecule has 0 spiro atoms. The van der Waals surface area contributed by atoms with E-state index in [0.717, 1.165) is 24.6 Å². The van der Waals surface area contributed by atoms with E-state index in [0.29, 0.717) is 5.69 Å². The molecule has 1 rings (SSSR count). The van der Waals surface area contributed by atoms with Gasteiger partial charge in [0.25, 0.3) is 0 Å². The lowest BCUT2D eigenvalue weighted by Gasteiger charge is -2.11. The molecule has 6 nitrogen and oxygen atoms in total. The SMILES string of the molecule is Cc1nc(NCCN(C)C)ccc1N=C(N)N. The number of aromatic nitrogens is 1. The summed E-state index contributed by atoms with van der Waals surface area (Å²) >= 11 is 0. The highest BCUT2D eigenvalue weighted by Gasteiger charge is 2.01. The Morgan fingerprint density at radius 2 is 2.12 bits per heavy atom. The summed E-state index contributed by atoms with van der Waals surface area (Å²) in [5.41, 5.74) is 12.1. The molecule has 0 radical (unpaired) electrons. The van der Waals surface area contributed by atoms with Crippen LogP contribution in [0, 0.1) is 6.92 Å². The van der Waals surface area contributed by atoms with Gasteiger partial charge in [0.2, 0.25) is 0 Å². The van der Waals surface area contributed by atoms with Gasteiger partial charge >= 0.3 is 0 Å². The molecule has 1 aromatic heterocycles. The first-order chi connectivity index (χ1) is 7.99. The van der Waals surface area contributed by atoms with Crippen molar-refractivity contribution >= 4 is 17.5 Å². The fourth-order valence-corrected chi connectivity index (χ4v) is 1.32. The van der Waals surface area contributed by atoms with Crippen molar-refractivity contribution in [1.29, 1.82) is 0 Å². The summed E-state index contributed by atoms with van der Waals surface area (Å²) in [6.45, 7) is 3.68. The minimum Gasteiger partial charge on any atom is -0.370 e. The van der Waals surface area contributed by atoms with Gasteiger partial charge in [-0.05, 0) is 33.2 Å². The van der Waals surface area contributed by atoms with Gasteiger partial charge in [-0.15, -0.1) is 0 Å². The standard InChI is InChI=1S/C11H20N6/c1-8-9(16-11(12)13)4-5-10(15-8)14-6-7-17(2)3/h4-5H,6-7H2,1-3H3,(H,14,15)(H4,12,13,16). The van der Waals surface area contributed by atoms with E-state index in [9.17, 15) is 0 Å². The second-order valence-corrected chi connectivity index (χ2v) is 4.07. The summed E-state index contributed by atoms with van der Waals surface area (Å²) in [7, 11) is 4.06. The zero-order chi connectivity index (χ0) is 12.8. The maximum atomic E-state index is 5.32. The van der Waals surface area contributed by atoms with Crippen molar-refractivity contribution in [3.8, 4) is 0 Å². The minimum absolute atomic E-state index is 0.0446. The van der Waals surface area contributed by atoms with Gasteiger partial charge in [0.15, 0.2) is 5.96 Å². The molecule has 6 heteroatoms. The number of guanidine groups is 1. The molecule has 0 aromatic carbocycles. The largest absolute Gasteiger partial charge is 0.370 e. The van der Waals surface area contributed by atoms with E-state index in [1.54, 1.807) is 0 Å². The monoisotopic (exact) mass is 236 g/mol. The fraction of sp³-hybridized carbons (Fsp3) is 0.455. The van der Waals surface area contributed by atoms with Gasteiger partial charge in [-0.2, -0.15) is 0 Å². The number of likely N-dealkylation sites (N-methyl/N-ethyl adjacent to an activating group) is 1. The van der Waals surface area contributed by atoms with Gasteiger partial charge in [-0.3, -0.25) is 0 Å². The summed E-state index contributed by atoms with van der Waals surface area (Å²) in [5.74, 6) is 0.877. The average molecular weight is 236 g/mol. The molecular formula is C11H20N6. The van der Waals surface area contributed by atoms with Crippen molar-refractivity contribution in [2.45, 2.75) is 6.92 Å². The number of aryl methyl sites for hydroxylation is 1. The highest BCUT2D eigenvalue weighted by Crippen LogP contribution is 2.18. The van der Waals surface area contributed by atoms with Crippen LogP contribution >= 0.6 is 0 Å². The predicted molar refractivity (Wildman–Crippen MR) is 71.5 cm³/mol. The summed E-state index contributed by atoms with van der Waals surface area (Å²) in [4.78, 5) is 10.5. The van der Waals surface area contributed by atoms with Gasteiger partial charge in [0.05, 0.1) is 11.4 Å². The number of pyridine rings is 1. The van der Waals surface area contributed by atoms with Crippen molar-refractivity contribution in [1.82, 2.24) is 9.88 Å². The van der Waals surface area contributed by atoms with E-state index in [2.05, 4.69) is 20.2 Å². The maximum absolute atomic E-state index is 5.32. The Morgan fingerprint density at radius 1 is 1.41 bits per heavy atom. The average Bonchev–Trinajstić information content (AvgIpc) is 2.21. The first kappa shape index (κ1) is 13.2. The van der Waals surface area contributed by atoms with Gasteiger partial charge in [0, 0.05) is 13.1 Å². The molecule has 0 aliphatic rings. The normalized spacial score (nSPS) is 10.4. The van der Waals surface area contributed by atoms with Crippen LogP contribution in [-0.4, -0.2) is 43.0 Å². The summed E-state index contributed by atoms with van der Waals surface area (Å²) in [6.07, 6.45) is 0. The van der Waals surface area contributed by atoms with Crippen LogP contribution in [0.3, 0.4) is 0 Å². The first-order valence-corrected chi connectivity index (χ1v) is 5.45. The van der Waals surface area contributed by atoms with Crippen LogP contribution in [0.2, 0.25) is 0 Å². The minimum atomic E-state index is 0.0446. The predicted octanol–water partition coefficient (Wildman–Crippen LogP) is 0.268. The number of hydrogen-bond acceptors (Lipinski definition) is 4. The molecule has 1 aromatic rings. The number of anilines is 1. The first-order valence-electron chi connectivity index (χ1n) is 5.45. The van der Waals surface area contributed by atoms with Crippen LogP contribution in [0.15, 0.2) is 17.1 Å². The van der Waals surface area contributed by atoms with Crippen molar-refractivity contribution in [3.05, 3.63) is 17.8 Å². The molecule has 0 bridgehead atoms. The van der Waals surface area contributed by atoms with Gasteiger partial charge in [-0.25, -0.2) is 9.98 Å². The lowest BCUT2D eigenvalue weighted by Crippen LogP contribution is -2.22. The Morgan fingerprint density at radius 3 is 2.65 bits per heavy atom. The molecule has 0 saturated heterocycles. The highest BCUT2D eigenvalue weighted by atomic mass is 15.1. The van der Waals surface area contributed by atoms with Crippen LogP contribution < -0.4 is 16.8 Å². The topological polar surface area (TPSA) is 92.6 Å². The van der Waals surface area contributed by atoms with Crippen LogP contribution in [0.1, 0.15) is 5.69 Å². The molecule has 0 aliphatic heterocycles. The summed E-state index contributed by atoms with van der Waals surface area (Å²) in [5, 5.41) is 3.23. The van der Waals surface area contributed by atoms with E-state index in [1.165, 1.54) is 0 Å².